The summed E-state index contributed by atoms with van der Waals surface area (Å²) in [5.74, 6) is 0.802. The van der Waals surface area contributed by atoms with Crippen molar-refractivity contribution in [3.05, 3.63) is 91.6 Å². The van der Waals surface area contributed by atoms with Gasteiger partial charge >= 0.3 is 0 Å². The monoisotopic (exact) mass is 713 g/mol. The van der Waals surface area contributed by atoms with Crippen LogP contribution in [0, 0.1) is 5.41 Å². The lowest BCUT2D eigenvalue weighted by molar-refractivity contribution is 0.144. The molecule has 41 heavy (non-hydrogen) atoms. The minimum absolute atomic E-state index is 0. The van der Waals surface area contributed by atoms with Crippen LogP contribution in [0.4, 0.5) is 11.4 Å². The molecule has 214 valence electrons. The number of anilines is 1. The van der Waals surface area contributed by atoms with Gasteiger partial charge in [0.15, 0.2) is 0 Å². The summed E-state index contributed by atoms with van der Waals surface area (Å²) in [7, 11) is 0. The van der Waals surface area contributed by atoms with Crippen LogP contribution in [-0.4, -0.2) is 24.3 Å². The van der Waals surface area contributed by atoms with Gasteiger partial charge < -0.3 is 9.64 Å². The third kappa shape index (κ3) is 7.61. The fourth-order valence-corrected chi connectivity index (χ4v) is 7.80. The number of halogens is 3. The summed E-state index contributed by atoms with van der Waals surface area (Å²) in [6.07, 6.45) is 11.9. The van der Waals surface area contributed by atoms with Crippen molar-refractivity contribution >= 4 is 73.2 Å². The van der Waals surface area contributed by atoms with Crippen LogP contribution in [0.1, 0.15) is 55.5 Å². The number of rotatable bonds is 7. The number of aliphatic imine (C=N–C) groups is 1. The zero-order valence-electron chi connectivity index (χ0n) is 22.9. The zero-order chi connectivity index (χ0) is 27.4. The molecule has 6 rings (SSSR count). The van der Waals surface area contributed by atoms with Crippen LogP contribution in [-0.2, 0) is 6.61 Å². The molecular weight excluding hydrogens is 682 g/mol. The lowest BCUT2D eigenvalue weighted by Gasteiger charge is -2.45. The molecule has 1 saturated heterocycles. The Hall–Kier alpha value is -2.19. The third-order valence-corrected chi connectivity index (χ3v) is 10.3. The average molecular weight is 716 g/mol. The van der Waals surface area contributed by atoms with Crippen LogP contribution in [0.5, 0.6) is 5.75 Å². The van der Waals surface area contributed by atoms with Gasteiger partial charge in [0.2, 0.25) is 0 Å². The first kappa shape index (κ1) is 30.3. The molecule has 0 amide bonds. The predicted octanol–water partition coefficient (Wildman–Crippen LogP) is 10.6. The van der Waals surface area contributed by atoms with Crippen molar-refractivity contribution in [2.75, 3.05) is 18.0 Å². The van der Waals surface area contributed by atoms with Crippen LogP contribution in [0.2, 0.25) is 0 Å². The smallest absolute Gasteiger partial charge is 0.140 e. The van der Waals surface area contributed by atoms with Gasteiger partial charge in [-0.25, -0.2) is 4.98 Å². The van der Waals surface area contributed by atoms with Gasteiger partial charge in [-0.2, -0.15) is 0 Å². The highest BCUT2D eigenvalue weighted by Gasteiger charge is 2.35. The van der Waals surface area contributed by atoms with Gasteiger partial charge in [-0.05, 0) is 95.1 Å². The maximum atomic E-state index is 5.94. The van der Waals surface area contributed by atoms with Crippen molar-refractivity contribution in [1.29, 1.82) is 0 Å². The van der Waals surface area contributed by atoms with E-state index in [1.807, 2.05) is 36.5 Å². The maximum Gasteiger partial charge on any atom is 0.140 e. The van der Waals surface area contributed by atoms with Crippen LogP contribution in [0.25, 0.3) is 11.3 Å². The highest BCUT2D eigenvalue weighted by atomic mass is 79.9. The van der Waals surface area contributed by atoms with Crippen molar-refractivity contribution in [1.82, 2.24) is 4.98 Å². The molecule has 2 fully saturated rings. The third-order valence-electron chi connectivity index (χ3n) is 8.32. The molecule has 1 spiro atoms. The first-order chi connectivity index (χ1) is 19.6. The standard InChI is InChI=1S/C33H33Br2N3OS.ClH/c34-26-8-13-31(29(35)20-26)39-22-32-37-30(23-40-32)25-6-9-27(10-7-25)36-21-24-4-11-28(12-5-24)38-18-16-33(17-19-38)14-2-1-3-15-33;/h4-13,20-21,23H,1-3,14-19,22H2;1H. The Labute approximate surface area is 269 Å². The quantitative estimate of drug-likeness (QED) is 0.179. The summed E-state index contributed by atoms with van der Waals surface area (Å²) in [5.41, 5.74) is 6.06. The van der Waals surface area contributed by atoms with E-state index in [4.69, 9.17) is 14.7 Å². The second-order valence-electron chi connectivity index (χ2n) is 10.9. The second-order valence-corrected chi connectivity index (χ2v) is 13.6. The van der Waals surface area contributed by atoms with E-state index in [0.29, 0.717) is 12.0 Å². The largest absolute Gasteiger partial charge is 0.485 e. The number of nitrogens with zero attached hydrogens (tertiary/aromatic N) is 3. The number of benzene rings is 3. The molecule has 8 heteroatoms. The van der Waals surface area contributed by atoms with Gasteiger partial charge in [-0.1, -0.05) is 59.5 Å². The number of thiazole rings is 1. The summed E-state index contributed by atoms with van der Waals surface area (Å²) in [4.78, 5) is 12.0. The van der Waals surface area contributed by atoms with E-state index in [1.165, 1.54) is 63.7 Å². The summed E-state index contributed by atoms with van der Waals surface area (Å²) in [6.45, 7) is 2.82. The minimum Gasteiger partial charge on any atom is -0.485 e. The lowest BCUT2D eigenvalue weighted by Crippen LogP contribution is -2.41. The minimum atomic E-state index is 0. The number of ether oxygens (including phenoxy) is 1. The van der Waals surface area contributed by atoms with E-state index in [9.17, 15) is 0 Å². The predicted molar refractivity (Wildman–Crippen MR) is 182 cm³/mol. The summed E-state index contributed by atoms with van der Waals surface area (Å²) >= 11 is 8.62. The van der Waals surface area contributed by atoms with Gasteiger partial charge in [0.05, 0.1) is 15.9 Å². The molecule has 3 aromatic carbocycles. The molecule has 1 aromatic heterocycles. The van der Waals surface area contributed by atoms with E-state index in [2.05, 4.69) is 78.5 Å². The van der Waals surface area contributed by atoms with Gasteiger partial charge in [0, 0.05) is 40.4 Å². The normalized spacial score (nSPS) is 16.6. The van der Waals surface area contributed by atoms with Crippen LogP contribution in [0.3, 0.4) is 0 Å². The topological polar surface area (TPSA) is 37.7 Å². The van der Waals surface area contributed by atoms with Crippen molar-refractivity contribution in [2.24, 2.45) is 10.4 Å². The summed E-state index contributed by atoms with van der Waals surface area (Å²) in [6, 6.07) is 23.0. The molecule has 0 unspecified atom stereocenters. The van der Waals surface area contributed by atoms with Crippen molar-refractivity contribution in [3.8, 4) is 17.0 Å². The highest BCUT2D eigenvalue weighted by Crippen LogP contribution is 2.45. The first-order valence-corrected chi connectivity index (χ1v) is 16.5. The molecule has 0 atom stereocenters. The molecule has 0 radical (unpaired) electrons. The second kappa shape index (κ2) is 13.9. The van der Waals surface area contributed by atoms with Crippen LogP contribution < -0.4 is 9.64 Å². The molecule has 1 aliphatic heterocycles. The van der Waals surface area contributed by atoms with Crippen molar-refractivity contribution in [3.63, 3.8) is 0 Å². The molecular formula is C33H34Br2ClN3OS. The molecule has 4 nitrogen and oxygen atoms in total. The molecule has 0 N–H and O–H groups in total. The van der Waals surface area contributed by atoms with Crippen molar-refractivity contribution in [2.45, 2.75) is 51.6 Å². The Bertz CT molecular complexity index is 1460. The van der Waals surface area contributed by atoms with Gasteiger partial charge in [0.1, 0.15) is 17.4 Å². The molecule has 1 aliphatic carbocycles. The molecule has 0 bridgehead atoms. The molecule has 2 aliphatic rings. The molecule has 4 aromatic rings. The molecule has 2 heterocycles. The van der Waals surface area contributed by atoms with E-state index < -0.39 is 0 Å². The number of hydrogen-bond donors (Lipinski definition) is 0. The summed E-state index contributed by atoms with van der Waals surface area (Å²) < 4.78 is 7.87. The fraction of sp³-hybridized carbons (Fsp3) is 0.333. The average Bonchev–Trinajstić information content (AvgIpc) is 3.46. The number of hydrogen-bond acceptors (Lipinski definition) is 5. The highest BCUT2D eigenvalue weighted by molar-refractivity contribution is 9.11. The van der Waals surface area contributed by atoms with E-state index in [1.54, 1.807) is 11.3 Å². The Morgan fingerprint density at radius 1 is 0.902 bits per heavy atom. The van der Waals surface area contributed by atoms with Crippen LogP contribution >= 0.6 is 55.6 Å². The van der Waals surface area contributed by atoms with E-state index >= 15 is 0 Å². The van der Waals surface area contributed by atoms with E-state index in [0.717, 1.165) is 42.2 Å². The number of piperidine rings is 1. The Morgan fingerprint density at radius 3 is 2.34 bits per heavy atom. The number of aromatic nitrogens is 1. The Morgan fingerprint density at radius 2 is 1.63 bits per heavy atom. The van der Waals surface area contributed by atoms with Crippen LogP contribution in [0.15, 0.2) is 86.0 Å². The SMILES string of the molecule is Brc1ccc(OCc2nc(-c3ccc(N=Cc4ccc(N5CCC6(CCCCC6)CC5)cc4)cc3)cs2)c(Br)c1.Cl. The maximum absolute atomic E-state index is 5.94. The molecule has 1 saturated carbocycles. The van der Waals surface area contributed by atoms with Gasteiger partial charge in [0.25, 0.3) is 0 Å². The van der Waals surface area contributed by atoms with E-state index in [-0.39, 0.29) is 12.4 Å². The Balaban J connectivity index is 0.00000337. The fourth-order valence-electron chi connectivity index (χ4n) is 5.92. The zero-order valence-corrected chi connectivity index (χ0v) is 27.7. The lowest BCUT2D eigenvalue weighted by atomic mass is 9.68. The Kier molecular flexibility index (Phi) is 10.2. The summed E-state index contributed by atoms with van der Waals surface area (Å²) in [5, 5.41) is 3.01. The van der Waals surface area contributed by atoms with Gasteiger partial charge in [-0.15, -0.1) is 23.7 Å². The van der Waals surface area contributed by atoms with Gasteiger partial charge in [-0.3, -0.25) is 4.99 Å². The van der Waals surface area contributed by atoms with Crippen molar-refractivity contribution < 1.29 is 4.74 Å². The first-order valence-electron chi connectivity index (χ1n) is 14.1.